The number of amides is 1. The van der Waals surface area contributed by atoms with Crippen molar-refractivity contribution in [1.29, 1.82) is 0 Å². The number of thiophene rings is 1. The van der Waals surface area contributed by atoms with E-state index in [1.54, 1.807) is 11.3 Å². The second kappa shape index (κ2) is 8.22. The molecule has 17 heavy (non-hydrogen) atoms. The first-order valence-electron chi connectivity index (χ1n) is 5.88. The van der Waals surface area contributed by atoms with Crippen LogP contribution in [0.3, 0.4) is 0 Å². The molecule has 1 rings (SSSR count). The van der Waals surface area contributed by atoms with Crippen LogP contribution in [0, 0.1) is 0 Å². The van der Waals surface area contributed by atoms with Crippen LogP contribution in [0.15, 0.2) is 17.5 Å². The van der Waals surface area contributed by atoms with Crippen molar-refractivity contribution in [3.63, 3.8) is 0 Å². The lowest BCUT2D eigenvalue weighted by Gasteiger charge is -2.19. The summed E-state index contributed by atoms with van der Waals surface area (Å²) in [7, 11) is 0. The summed E-state index contributed by atoms with van der Waals surface area (Å²) in [5, 5.41) is 13.8. The zero-order valence-electron chi connectivity index (χ0n) is 10.2. The Morgan fingerprint density at radius 2 is 2.35 bits per heavy atom. The van der Waals surface area contributed by atoms with Gasteiger partial charge in [0.2, 0.25) is 5.91 Å². The van der Waals surface area contributed by atoms with Crippen LogP contribution in [0.25, 0.3) is 0 Å². The number of hydrogen-bond acceptors (Lipinski definition) is 4. The van der Waals surface area contributed by atoms with Gasteiger partial charge in [-0.25, -0.2) is 0 Å². The van der Waals surface area contributed by atoms with E-state index in [1.807, 2.05) is 22.4 Å². The van der Waals surface area contributed by atoms with Gasteiger partial charge < -0.3 is 10.4 Å². The summed E-state index contributed by atoms with van der Waals surface area (Å²) in [4.78, 5) is 14.8. The van der Waals surface area contributed by atoms with E-state index in [-0.39, 0.29) is 12.5 Å². The molecule has 0 aliphatic rings. The minimum absolute atomic E-state index is 0.0142. The summed E-state index contributed by atoms with van der Waals surface area (Å²) in [5.74, 6) is 0.0142. The van der Waals surface area contributed by atoms with Gasteiger partial charge >= 0.3 is 0 Å². The highest BCUT2D eigenvalue weighted by Crippen LogP contribution is 2.07. The first-order valence-corrected chi connectivity index (χ1v) is 6.76. The Bertz CT molecular complexity index is 308. The third kappa shape index (κ3) is 5.81. The van der Waals surface area contributed by atoms with Gasteiger partial charge in [-0.2, -0.15) is 0 Å². The summed E-state index contributed by atoms with van der Waals surface area (Å²) in [5.41, 5.74) is 0. The maximum atomic E-state index is 11.7. The van der Waals surface area contributed by atoms with Gasteiger partial charge in [0.1, 0.15) is 0 Å². The number of nitrogens with zero attached hydrogens (tertiary/aromatic N) is 1. The van der Waals surface area contributed by atoms with E-state index in [0.717, 1.165) is 17.8 Å². The van der Waals surface area contributed by atoms with Gasteiger partial charge in [-0.05, 0) is 24.4 Å². The number of carbonyl (C=O) groups is 1. The van der Waals surface area contributed by atoms with Crippen molar-refractivity contribution >= 4 is 17.2 Å². The number of nitrogens with one attached hydrogen (secondary N) is 1. The largest absolute Gasteiger partial charge is 0.395 e. The van der Waals surface area contributed by atoms with Crippen LogP contribution in [-0.2, 0) is 11.3 Å². The van der Waals surface area contributed by atoms with Crippen molar-refractivity contribution in [2.24, 2.45) is 0 Å². The molecular formula is C12H20N2O2S. The monoisotopic (exact) mass is 256 g/mol. The Balaban J connectivity index is 2.26. The zero-order chi connectivity index (χ0) is 12.5. The van der Waals surface area contributed by atoms with E-state index in [9.17, 15) is 4.79 Å². The zero-order valence-corrected chi connectivity index (χ0v) is 11.0. The molecule has 0 saturated carbocycles. The summed E-state index contributed by atoms with van der Waals surface area (Å²) < 4.78 is 0. The number of rotatable bonds is 8. The molecule has 1 heterocycles. The second-order valence-electron chi connectivity index (χ2n) is 3.86. The maximum absolute atomic E-state index is 11.7. The fourth-order valence-corrected chi connectivity index (χ4v) is 2.23. The number of aliphatic hydroxyl groups is 1. The van der Waals surface area contributed by atoms with Crippen molar-refractivity contribution in [2.75, 3.05) is 26.2 Å². The Kier molecular flexibility index (Phi) is 6.84. The highest BCUT2D eigenvalue weighted by molar-refractivity contribution is 7.09. The molecule has 96 valence electrons. The summed E-state index contributed by atoms with van der Waals surface area (Å²) in [6.45, 7) is 4.51. The van der Waals surface area contributed by atoms with Crippen LogP contribution in [0.2, 0.25) is 0 Å². The van der Waals surface area contributed by atoms with Gasteiger partial charge in [0, 0.05) is 11.4 Å². The van der Waals surface area contributed by atoms with Crippen molar-refractivity contribution in [2.45, 2.75) is 19.9 Å². The van der Waals surface area contributed by atoms with E-state index < -0.39 is 0 Å². The normalized spacial score (nSPS) is 10.8. The summed E-state index contributed by atoms with van der Waals surface area (Å²) >= 11 is 1.64. The second-order valence-corrected chi connectivity index (χ2v) is 4.89. The molecule has 1 aromatic heterocycles. The first kappa shape index (κ1) is 14.2. The Hall–Kier alpha value is -0.910. The van der Waals surface area contributed by atoms with Gasteiger partial charge in [0.15, 0.2) is 0 Å². The maximum Gasteiger partial charge on any atom is 0.234 e. The van der Waals surface area contributed by atoms with Crippen LogP contribution < -0.4 is 5.32 Å². The Morgan fingerprint density at radius 1 is 1.53 bits per heavy atom. The molecular weight excluding hydrogens is 236 g/mol. The number of carbonyl (C=O) groups excluding carboxylic acids is 1. The fourth-order valence-electron chi connectivity index (χ4n) is 1.59. The van der Waals surface area contributed by atoms with E-state index >= 15 is 0 Å². The van der Waals surface area contributed by atoms with E-state index in [2.05, 4.69) is 12.2 Å². The molecule has 0 aliphatic carbocycles. The summed E-state index contributed by atoms with van der Waals surface area (Å²) in [6, 6.07) is 3.98. The number of aliphatic hydroxyl groups excluding tert-OH is 1. The van der Waals surface area contributed by atoms with Gasteiger partial charge in [-0.3, -0.25) is 9.69 Å². The quantitative estimate of drug-likeness (QED) is 0.731. The Labute approximate surface area is 106 Å². The van der Waals surface area contributed by atoms with Crippen LogP contribution in [0.1, 0.15) is 18.2 Å². The molecule has 0 aliphatic heterocycles. The topological polar surface area (TPSA) is 52.6 Å². The molecule has 1 amide bonds. The van der Waals surface area contributed by atoms with Crippen LogP contribution >= 0.6 is 11.3 Å². The fraction of sp³-hybridized carbons (Fsp3) is 0.583. The van der Waals surface area contributed by atoms with Crippen molar-refractivity contribution < 1.29 is 9.90 Å². The van der Waals surface area contributed by atoms with Crippen molar-refractivity contribution in [3.8, 4) is 0 Å². The average Bonchev–Trinajstić information content (AvgIpc) is 2.80. The van der Waals surface area contributed by atoms with Gasteiger partial charge in [0.25, 0.3) is 0 Å². The van der Waals surface area contributed by atoms with Crippen molar-refractivity contribution in [1.82, 2.24) is 10.2 Å². The molecule has 0 radical (unpaired) electrons. The predicted molar refractivity (Wildman–Crippen MR) is 70.0 cm³/mol. The minimum atomic E-state index is 0.0142. The first-order chi connectivity index (χ1) is 8.26. The number of hydrogen-bond donors (Lipinski definition) is 2. The molecule has 0 spiro atoms. The smallest absolute Gasteiger partial charge is 0.234 e. The van der Waals surface area contributed by atoms with E-state index in [4.69, 9.17) is 5.11 Å². The standard InChI is InChI=1S/C12H20N2O2S/c1-2-5-14(6-7-15)10-12(16)13-9-11-4-3-8-17-11/h3-4,8,15H,2,5-7,9-10H2,1H3,(H,13,16). The van der Waals surface area contributed by atoms with Crippen LogP contribution in [0.4, 0.5) is 0 Å². The molecule has 4 nitrogen and oxygen atoms in total. The molecule has 0 fully saturated rings. The molecule has 0 saturated heterocycles. The van der Waals surface area contributed by atoms with Gasteiger partial charge in [-0.1, -0.05) is 13.0 Å². The van der Waals surface area contributed by atoms with Gasteiger partial charge in [0.05, 0.1) is 19.7 Å². The van der Waals surface area contributed by atoms with E-state index in [0.29, 0.717) is 19.6 Å². The highest BCUT2D eigenvalue weighted by Gasteiger charge is 2.09. The van der Waals surface area contributed by atoms with Gasteiger partial charge in [-0.15, -0.1) is 11.3 Å². The summed E-state index contributed by atoms with van der Waals surface area (Å²) in [6.07, 6.45) is 0.984. The van der Waals surface area contributed by atoms with Crippen molar-refractivity contribution in [3.05, 3.63) is 22.4 Å². The SMILES string of the molecule is CCCN(CCO)CC(=O)NCc1cccs1. The molecule has 1 aromatic rings. The third-order valence-corrected chi connectivity index (χ3v) is 3.24. The molecule has 2 N–H and O–H groups in total. The highest BCUT2D eigenvalue weighted by atomic mass is 32.1. The Morgan fingerprint density at radius 3 is 2.94 bits per heavy atom. The van der Waals surface area contributed by atoms with Crippen LogP contribution in [-0.4, -0.2) is 42.2 Å². The molecule has 0 atom stereocenters. The van der Waals surface area contributed by atoms with Crippen LogP contribution in [0.5, 0.6) is 0 Å². The minimum Gasteiger partial charge on any atom is -0.395 e. The van der Waals surface area contributed by atoms with E-state index in [1.165, 1.54) is 0 Å². The lowest BCUT2D eigenvalue weighted by atomic mass is 10.3. The molecule has 5 heteroatoms. The lowest BCUT2D eigenvalue weighted by Crippen LogP contribution is -2.38. The lowest BCUT2D eigenvalue weighted by molar-refractivity contribution is -0.122. The molecule has 0 unspecified atom stereocenters. The third-order valence-electron chi connectivity index (χ3n) is 2.36. The molecule has 0 aromatic carbocycles. The predicted octanol–water partition coefficient (Wildman–Crippen LogP) is 1.07. The average molecular weight is 256 g/mol. The molecule has 0 bridgehead atoms.